The molecule has 0 saturated heterocycles. The van der Waals surface area contributed by atoms with Crippen molar-refractivity contribution in [2.24, 2.45) is 5.92 Å². The highest BCUT2D eigenvalue weighted by Gasteiger charge is 2.34. The molecule has 0 radical (unpaired) electrons. The monoisotopic (exact) mass is 368 g/mol. The number of aromatic nitrogens is 2. The Labute approximate surface area is 162 Å². The number of nitrogens with zero attached hydrogens (tertiary/aromatic N) is 3. The summed E-state index contributed by atoms with van der Waals surface area (Å²) in [4.78, 5) is 11.9. The van der Waals surface area contributed by atoms with Crippen LogP contribution in [0.1, 0.15) is 51.4 Å². The van der Waals surface area contributed by atoms with Gasteiger partial charge in [-0.25, -0.2) is 4.98 Å². The lowest BCUT2D eigenvalue weighted by Gasteiger charge is -2.44. The summed E-state index contributed by atoms with van der Waals surface area (Å²) in [5.41, 5.74) is 3.76. The predicted octanol–water partition coefficient (Wildman–Crippen LogP) is 3.81. The van der Waals surface area contributed by atoms with Crippen LogP contribution in [0.25, 0.3) is 0 Å². The van der Waals surface area contributed by atoms with Crippen molar-refractivity contribution in [3.05, 3.63) is 47.2 Å². The highest BCUT2D eigenvalue weighted by molar-refractivity contribution is 5.51. The molecule has 5 nitrogen and oxygen atoms in total. The largest absolute Gasteiger partial charge is 0.394 e. The first kappa shape index (κ1) is 19.6. The zero-order valence-electron chi connectivity index (χ0n) is 17.2. The summed E-state index contributed by atoms with van der Waals surface area (Å²) >= 11 is 0. The van der Waals surface area contributed by atoms with E-state index in [1.165, 1.54) is 11.1 Å². The van der Waals surface area contributed by atoms with Crippen molar-refractivity contribution in [2.45, 2.75) is 65.6 Å². The third-order valence-corrected chi connectivity index (χ3v) is 5.52. The summed E-state index contributed by atoms with van der Waals surface area (Å²) in [7, 11) is 0. The van der Waals surface area contributed by atoms with Gasteiger partial charge in [-0.2, -0.15) is 4.98 Å². The topological polar surface area (TPSA) is 61.3 Å². The van der Waals surface area contributed by atoms with E-state index in [-0.39, 0.29) is 18.2 Å². The number of aliphatic hydroxyl groups excluding tert-OH is 1. The third-order valence-electron chi connectivity index (χ3n) is 5.52. The smallest absolute Gasteiger partial charge is 0.225 e. The Hall–Kier alpha value is -2.14. The first-order valence-corrected chi connectivity index (χ1v) is 9.94. The molecule has 1 aliphatic heterocycles. The molecule has 1 aromatic heterocycles. The zero-order valence-corrected chi connectivity index (χ0v) is 17.2. The number of aryl methyl sites for hydroxylation is 1. The van der Waals surface area contributed by atoms with Gasteiger partial charge in [-0.15, -0.1) is 0 Å². The Bertz CT molecular complexity index is 788. The van der Waals surface area contributed by atoms with Gasteiger partial charge in [0.25, 0.3) is 0 Å². The normalized spacial score (nSPS) is 16.9. The Morgan fingerprint density at radius 1 is 1.19 bits per heavy atom. The summed E-state index contributed by atoms with van der Waals surface area (Å²) in [5, 5.41) is 13.0. The molecule has 27 heavy (non-hydrogen) atoms. The standard InChI is InChI=1S/C22H32N4O/c1-6-18-11-20(25-21(23-18)24-19(14-27)15(2)3)26-13-17-10-8-7-9-16(17)12-22(26,4)5/h7-11,15,19,27H,6,12-14H2,1-5H3,(H,23,24,25)/t19-/m0/s1. The number of benzene rings is 1. The van der Waals surface area contributed by atoms with Crippen molar-refractivity contribution in [2.75, 3.05) is 16.8 Å². The number of fused-ring (bicyclic) bond motifs is 1. The van der Waals surface area contributed by atoms with E-state index in [2.05, 4.69) is 80.2 Å². The van der Waals surface area contributed by atoms with E-state index >= 15 is 0 Å². The molecular formula is C22H32N4O. The summed E-state index contributed by atoms with van der Waals surface area (Å²) in [6, 6.07) is 10.7. The molecule has 0 bridgehead atoms. The van der Waals surface area contributed by atoms with Crippen molar-refractivity contribution in [1.29, 1.82) is 0 Å². The van der Waals surface area contributed by atoms with E-state index in [1.54, 1.807) is 0 Å². The number of nitrogens with one attached hydrogen (secondary N) is 1. The first-order valence-electron chi connectivity index (χ1n) is 9.94. The fourth-order valence-electron chi connectivity index (χ4n) is 3.68. The molecule has 1 atom stereocenters. The van der Waals surface area contributed by atoms with Crippen LogP contribution in [-0.2, 0) is 19.4 Å². The van der Waals surface area contributed by atoms with Gasteiger partial charge in [0.15, 0.2) is 0 Å². The molecule has 2 N–H and O–H groups in total. The van der Waals surface area contributed by atoms with E-state index < -0.39 is 0 Å². The van der Waals surface area contributed by atoms with Gasteiger partial charge in [0.05, 0.1) is 12.6 Å². The van der Waals surface area contributed by atoms with Crippen molar-refractivity contribution >= 4 is 11.8 Å². The molecule has 2 heterocycles. The minimum atomic E-state index is -0.0555. The molecule has 0 fully saturated rings. The third kappa shape index (κ3) is 4.24. The van der Waals surface area contributed by atoms with Crippen LogP contribution < -0.4 is 10.2 Å². The van der Waals surface area contributed by atoms with Crippen LogP contribution in [0.3, 0.4) is 0 Å². The van der Waals surface area contributed by atoms with E-state index in [0.717, 1.165) is 30.9 Å². The molecule has 2 aromatic rings. The molecule has 1 aliphatic rings. The molecule has 3 rings (SSSR count). The molecule has 5 heteroatoms. The number of hydrogen-bond acceptors (Lipinski definition) is 5. The SMILES string of the molecule is CCc1cc(N2Cc3ccccc3CC2(C)C)nc(N[C@@H](CO)C(C)C)n1. The first-order chi connectivity index (χ1) is 12.8. The minimum Gasteiger partial charge on any atom is -0.394 e. The van der Waals surface area contributed by atoms with Gasteiger partial charge in [-0.1, -0.05) is 45.0 Å². The number of anilines is 2. The molecule has 0 unspecified atom stereocenters. The second-order valence-corrected chi connectivity index (χ2v) is 8.42. The summed E-state index contributed by atoms with van der Waals surface area (Å²) in [6.07, 6.45) is 1.84. The number of aliphatic hydroxyl groups is 1. The van der Waals surface area contributed by atoms with Crippen LogP contribution in [0.2, 0.25) is 0 Å². The maximum atomic E-state index is 9.67. The lowest BCUT2D eigenvalue weighted by molar-refractivity contribution is 0.248. The van der Waals surface area contributed by atoms with Crippen molar-refractivity contribution in [3.8, 4) is 0 Å². The predicted molar refractivity (Wildman–Crippen MR) is 111 cm³/mol. The van der Waals surface area contributed by atoms with Crippen LogP contribution in [-0.4, -0.2) is 33.3 Å². The molecular weight excluding hydrogens is 336 g/mol. The van der Waals surface area contributed by atoms with Gasteiger partial charge in [0.1, 0.15) is 5.82 Å². The lowest BCUT2D eigenvalue weighted by atomic mass is 9.85. The maximum Gasteiger partial charge on any atom is 0.225 e. The van der Waals surface area contributed by atoms with Crippen molar-refractivity contribution < 1.29 is 5.11 Å². The van der Waals surface area contributed by atoms with E-state index in [9.17, 15) is 5.11 Å². The second kappa shape index (κ2) is 7.85. The van der Waals surface area contributed by atoms with Crippen LogP contribution in [0.4, 0.5) is 11.8 Å². The second-order valence-electron chi connectivity index (χ2n) is 8.42. The molecule has 0 amide bonds. The van der Waals surface area contributed by atoms with Crippen LogP contribution in [0, 0.1) is 5.92 Å². The van der Waals surface area contributed by atoms with E-state index in [0.29, 0.717) is 11.9 Å². The van der Waals surface area contributed by atoms with Gasteiger partial charge >= 0.3 is 0 Å². The summed E-state index contributed by atoms with van der Waals surface area (Å²) < 4.78 is 0. The van der Waals surface area contributed by atoms with Crippen molar-refractivity contribution in [3.63, 3.8) is 0 Å². The molecule has 0 spiro atoms. The Morgan fingerprint density at radius 2 is 1.89 bits per heavy atom. The van der Waals surface area contributed by atoms with Gasteiger partial charge < -0.3 is 15.3 Å². The summed E-state index contributed by atoms with van der Waals surface area (Å²) in [6.45, 7) is 11.7. The average Bonchev–Trinajstić information content (AvgIpc) is 2.64. The number of rotatable bonds is 6. The van der Waals surface area contributed by atoms with Gasteiger partial charge in [-0.3, -0.25) is 0 Å². The lowest BCUT2D eigenvalue weighted by Crippen LogP contribution is -2.49. The maximum absolute atomic E-state index is 9.67. The highest BCUT2D eigenvalue weighted by Crippen LogP contribution is 2.34. The molecule has 0 saturated carbocycles. The van der Waals surface area contributed by atoms with Gasteiger partial charge in [-0.05, 0) is 43.7 Å². The fourth-order valence-corrected chi connectivity index (χ4v) is 3.68. The highest BCUT2D eigenvalue weighted by atomic mass is 16.3. The van der Waals surface area contributed by atoms with Gasteiger partial charge in [0.2, 0.25) is 5.95 Å². The van der Waals surface area contributed by atoms with Gasteiger partial charge in [0, 0.05) is 23.8 Å². The molecule has 0 aliphatic carbocycles. The Balaban J connectivity index is 1.97. The fraction of sp³-hybridized carbons (Fsp3) is 0.545. The Morgan fingerprint density at radius 3 is 2.52 bits per heavy atom. The average molecular weight is 369 g/mol. The van der Waals surface area contributed by atoms with Crippen molar-refractivity contribution in [1.82, 2.24) is 9.97 Å². The quantitative estimate of drug-likeness (QED) is 0.812. The Kier molecular flexibility index (Phi) is 5.70. The summed E-state index contributed by atoms with van der Waals surface area (Å²) in [5.74, 6) is 1.85. The molecule has 1 aromatic carbocycles. The van der Waals surface area contributed by atoms with Crippen LogP contribution >= 0.6 is 0 Å². The van der Waals surface area contributed by atoms with Crippen LogP contribution in [0.15, 0.2) is 30.3 Å². The number of hydrogen-bond donors (Lipinski definition) is 2. The molecule has 146 valence electrons. The van der Waals surface area contributed by atoms with E-state index in [4.69, 9.17) is 4.98 Å². The van der Waals surface area contributed by atoms with Crippen LogP contribution in [0.5, 0.6) is 0 Å². The zero-order chi connectivity index (χ0) is 19.6. The van der Waals surface area contributed by atoms with E-state index in [1.807, 2.05) is 0 Å². The minimum absolute atomic E-state index is 0.0284.